The van der Waals surface area contributed by atoms with Crippen molar-refractivity contribution in [2.24, 2.45) is 0 Å². The van der Waals surface area contributed by atoms with Crippen molar-refractivity contribution >= 4 is 33.2 Å². The molecule has 0 saturated heterocycles. The van der Waals surface area contributed by atoms with Gasteiger partial charge in [0.15, 0.2) is 0 Å². The van der Waals surface area contributed by atoms with E-state index < -0.39 is 4.92 Å². The third-order valence-electron chi connectivity index (χ3n) is 2.86. The third kappa shape index (κ3) is 3.72. The van der Waals surface area contributed by atoms with Crippen LogP contribution in [0.4, 0.5) is 5.69 Å². The Labute approximate surface area is 134 Å². The lowest BCUT2D eigenvalue weighted by atomic mass is 10.2. The summed E-state index contributed by atoms with van der Waals surface area (Å²) < 4.78 is 6.22. The van der Waals surface area contributed by atoms with Crippen LogP contribution in [0.1, 0.15) is 11.1 Å². The predicted molar refractivity (Wildman–Crippen MR) is 82.5 cm³/mol. The van der Waals surface area contributed by atoms with Gasteiger partial charge in [-0.1, -0.05) is 33.6 Å². The van der Waals surface area contributed by atoms with Gasteiger partial charge in [-0.2, -0.15) is 0 Å². The number of non-ortho nitro benzene ring substituents is 1. The van der Waals surface area contributed by atoms with Crippen molar-refractivity contribution in [1.29, 1.82) is 0 Å². The molecule has 0 amide bonds. The van der Waals surface area contributed by atoms with Crippen molar-refractivity contribution < 1.29 is 14.8 Å². The smallest absolute Gasteiger partial charge is 0.270 e. The molecule has 1 N–H and O–H groups in total. The van der Waals surface area contributed by atoms with Crippen LogP contribution >= 0.6 is 27.5 Å². The summed E-state index contributed by atoms with van der Waals surface area (Å²) in [5.41, 5.74) is 1.27. The Morgan fingerprint density at radius 1 is 1.33 bits per heavy atom. The number of ether oxygens (including phenoxy) is 1. The molecule has 2 rings (SSSR count). The quantitative estimate of drug-likeness (QED) is 0.634. The molecule has 0 unspecified atom stereocenters. The summed E-state index contributed by atoms with van der Waals surface area (Å²) in [6.07, 6.45) is 0. The molecule has 0 saturated carbocycles. The van der Waals surface area contributed by atoms with Gasteiger partial charge in [-0.3, -0.25) is 10.1 Å². The van der Waals surface area contributed by atoms with Crippen LogP contribution in [-0.2, 0) is 13.2 Å². The van der Waals surface area contributed by atoms with E-state index in [0.29, 0.717) is 20.8 Å². The van der Waals surface area contributed by atoms with Gasteiger partial charge in [0, 0.05) is 32.8 Å². The first-order chi connectivity index (χ1) is 10.0. The van der Waals surface area contributed by atoms with Crippen molar-refractivity contribution in [2.45, 2.75) is 13.2 Å². The fraction of sp³-hybridized carbons (Fsp3) is 0.143. The molecular weight excluding hydrogens is 362 g/mol. The molecule has 21 heavy (non-hydrogen) atoms. The minimum atomic E-state index is -0.462. The van der Waals surface area contributed by atoms with E-state index in [1.807, 2.05) is 0 Å². The first-order valence-electron chi connectivity index (χ1n) is 5.96. The Balaban J connectivity index is 2.17. The lowest BCUT2D eigenvalue weighted by molar-refractivity contribution is -0.384. The molecule has 0 fully saturated rings. The minimum Gasteiger partial charge on any atom is -0.488 e. The maximum Gasteiger partial charge on any atom is 0.270 e. The summed E-state index contributed by atoms with van der Waals surface area (Å²) in [4.78, 5) is 10.2. The van der Waals surface area contributed by atoms with Gasteiger partial charge < -0.3 is 9.84 Å². The fourth-order valence-electron chi connectivity index (χ4n) is 1.75. The third-order valence-corrected chi connectivity index (χ3v) is 3.96. The molecule has 7 heteroatoms. The van der Waals surface area contributed by atoms with Crippen molar-refractivity contribution in [2.75, 3.05) is 0 Å². The largest absolute Gasteiger partial charge is 0.488 e. The zero-order valence-electron chi connectivity index (χ0n) is 10.8. The summed E-state index contributed by atoms with van der Waals surface area (Å²) in [5, 5.41) is 20.4. The molecular formula is C14H11BrClNO4. The van der Waals surface area contributed by atoms with E-state index in [1.165, 1.54) is 12.1 Å². The van der Waals surface area contributed by atoms with Crippen molar-refractivity contribution in [1.82, 2.24) is 0 Å². The highest BCUT2D eigenvalue weighted by atomic mass is 79.9. The number of aliphatic hydroxyl groups excluding tert-OH is 1. The Hall–Kier alpha value is -1.63. The van der Waals surface area contributed by atoms with Crippen LogP contribution in [-0.4, -0.2) is 10.0 Å². The van der Waals surface area contributed by atoms with Crippen LogP contribution in [0.25, 0.3) is 0 Å². The molecule has 0 atom stereocenters. The summed E-state index contributed by atoms with van der Waals surface area (Å²) >= 11 is 9.25. The molecule has 0 spiro atoms. The van der Waals surface area contributed by atoms with Crippen LogP contribution < -0.4 is 4.74 Å². The van der Waals surface area contributed by atoms with Gasteiger partial charge in [0.05, 0.1) is 11.5 Å². The number of hydrogen-bond acceptors (Lipinski definition) is 4. The van der Waals surface area contributed by atoms with Gasteiger partial charge in [-0.25, -0.2) is 0 Å². The Bertz CT molecular complexity index is 678. The van der Waals surface area contributed by atoms with Crippen LogP contribution in [0.3, 0.4) is 0 Å². The van der Waals surface area contributed by atoms with Gasteiger partial charge in [-0.05, 0) is 18.2 Å². The van der Waals surface area contributed by atoms with Crippen LogP contribution in [0, 0.1) is 10.1 Å². The molecule has 2 aromatic rings. The number of benzene rings is 2. The molecule has 0 aliphatic rings. The topological polar surface area (TPSA) is 72.6 Å². The number of aliphatic hydroxyl groups is 1. The van der Waals surface area contributed by atoms with E-state index in [9.17, 15) is 15.2 Å². The average molecular weight is 373 g/mol. The maximum atomic E-state index is 10.7. The van der Waals surface area contributed by atoms with Gasteiger partial charge >= 0.3 is 0 Å². The summed E-state index contributed by atoms with van der Waals surface area (Å²) in [6.45, 7) is -0.0254. The Morgan fingerprint density at radius 2 is 2.10 bits per heavy atom. The molecule has 5 nitrogen and oxygen atoms in total. The molecule has 0 aliphatic carbocycles. The second-order valence-corrected chi connectivity index (χ2v) is 5.46. The van der Waals surface area contributed by atoms with Crippen LogP contribution in [0.5, 0.6) is 5.75 Å². The number of nitro groups is 1. The lowest BCUT2D eigenvalue weighted by Gasteiger charge is -2.12. The van der Waals surface area contributed by atoms with E-state index in [1.54, 1.807) is 24.3 Å². The Morgan fingerprint density at radius 3 is 2.71 bits per heavy atom. The van der Waals surface area contributed by atoms with Gasteiger partial charge in [-0.15, -0.1) is 0 Å². The molecule has 0 aliphatic heterocycles. The monoisotopic (exact) mass is 371 g/mol. The van der Waals surface area contributed by atoms with Crippen molar-refractivity contribution in [3.05, 3.63) is 67.1 Å². The zero-order chi connectivity index (χ0) is 15.4. The molecule has 0 radical (unpaired) electrons. The summed E-state index contributed by atoms with van der Waals surface area (Å²) in [7, 11) is 0. The normalized spacial score (nSPS) is 10.4. The van der Waals surface area contributed by atoms with Gasteiger partial charge in [0.2, 0.25) is 0 Å². The highest BCUT2D eigenvalue weighted by Gasteiger charge is 2.11. The number of rotatable bonds is 5. The van der Waals surface area contributed by atoms with Crippen LogP contribution in [0.2, 0.25) is 5.02 Å². The van der Waals surface area contributed by atoms with Gasteiger partial charge in [0.25, 0.3) is 5.69 Å². The lowest BCUT2D eigenvalue weighted by Crippen LogP contribution is -2.00. The number of hydrogen-bond donors (Lipinski definition) is 1. The number of nitrogens with zero attached hydrogens (tertiary/aromatic N) is 1. The second-order valence-electron chi connectivity index (χ2n) is 4.20. The van der Waals surface area contributed by atoms with E-state index in [2.05, 4.69) is 15.9 Å². The first-order valence-corrected chi connectivity index (χ1v) is 7.14. The molecule has 110 valence electrons. The number of nitro benzene ring substituents is 1. The number of halogens is 2. The molecule has 0 aromatic heterocycles. The van der Waals surface area contributed by atoms with E-state index >= 15 is 0 Å². The van der Waals surface area contributed by atoms with E-state index in [0.717, 1.165) is 5.56 Å². The standard InChI is InChI=1S/C14H11BrClNO4/c15-12-6-10(17(19)20)5-4-9(12)8-21-14-3-1-2-13(16)11(14)7-18/h1-6,18H,7-8H2. The Kier molecular flexibility index (Phi) is 5.17. The predicted octanol–water partition coefficient (Wildman–Crippen LogP) is 4.08. The van der Waals surface area contributed by atoms with Crippen molar-refractivity contribution in [3.8, 4) is 5.75 Å². The average Bonchev–Trinajstić information content (AvgIpc) is 2.45. The first kappa shape index (κ1) is 15.8. The zero-order valence-corrected chi connectivity index (χ0v) is 13.1. The second kappa shape index (κ2) is 6.89. The molecule has 0 heterocycles. The van der Waals surface area contributed by atoms with Crippen LogP contribution in [0.15, 0.2) is 40.9 Å². The highest BCUT2D eigenvalue weighted by molar-refractivity contribution is 9.10. The molecule has 2 aromatic carbocycles. The summed E-state index contributed by atoms with van der Waals surface area (Å²) in [5.74, 6) is 0.482. The molecule has 0 bridgehead atoms. The van der Waals surface area contributed by atoms with E-state index in [4.69, 9.17) is 16.3 Å². The highest BCUT2D eigenvalue weighted by Crippen LogP contribution is 2.29. The van der Waals surface area contributed by atoms with Gasteiger partial charge in [0.1, 0.15) is 12.4 Å². The van der Waals surface area contributed by atoms with E-state index in [-0.39, 0.29) is 18.9 Å². The minimum absolute atomic E-state index is 0.00410. The SMILES string of the molecule is O=[N+]([O-])c1ccc(COc2cccc(Cl)c2CO)c(Br)c1. The fourth-order valence-corrected chi connectivity index (χ4v) is 2.46. The maximum absolute atomic E-state index is 10.7. The van der Waals surface area contributed by atoms with Crippen molar-refractivity contribution in [3.63, 3.8) is 0 Å². The summed E-state index contributed by atoms with van der Waals surface area (Å²) in [6, 6.07) is 9.55.